The Morgan fingerprint density at radius 2 is 1.85 bits per heavy atom. The Bertz CT molecular complexity index is 803. The van der Waals surface area contributed by atoms with E-state index in [1.807, 2.05) is 28.7 Å². The van der Waals surface area contributed by atoms with Gasteiger partial charge < -0.3 is 14.6 Å². The lowest BCUT2D eigenvalue weighted by Crippen LogP contribution is -2.34. The van der Waals surface area contributed by atoms with E-state index in [0.717, 1.165) is 10.7 Å². The second-order valence-electron chi connectivity index (χ2n) is 4.86. The number of ether oxygens (including phenoxy) is 1. The first-order chi connectivity index (χ1) is 11.8. The van der Waals surface area contributed by atoms with Crippen LogP contribution in [0.4, 0.5) is 8.78 Å². The highest BCUT2D eigenvalue weighted by molar-refractivity contribution is 14.1. The molecular weight excluding hydrogens is 717 g/mol. The lowest BCUT2D eigenvalue weighted by molar-refractivity contribution is -0.149. The van der Waals surface area contributed by atoms with Crippen LogP contribution in [-0.2, 0) is 19.6 Å². The van der Waals surface area contributed by atoms with Gasteiger partial charge in [-0.1, -0.05) is 0 Å². The standard InChI is InChI=1S/C13H12F2I3NO6S/c14-13(15,26(22,23)24)6-25-10(20)2-1-3-19-12(21)8-4-7(16)5-9(17)11(8)18/h4-5H,1-3,6H2,(H,19,21)(H,22,23,24)/p-1. The molecule has 7 nitrogen and oxygen atoms in total. The molecule has 1 aromatic rings. The third-order valence-corrected chi connectivity index (χ3v) is 7.37. The maximum Gasteiger partial charge on any atom is 0.367 e. The summed E-state index contributed by atoms with van der Waals surface area (Å²) in [5.41, 5.74) is 0.477. The zero-order valence-corrected chi connectivity index (χ0v) is 20.0. The fraction of sp³-hybridized carbons (Fsp3) is 0.385. The summed E-state index contributed by atoms with van der Waals surface area (Å²) in [6.07, 6.45) is -0.228. The number of benzene rings is 1. The van der Waals surface area contributed by atoms with Crippen LogP contribution in [0.15, 0.2) is 12.1 Å². The highest BCUT2D eigenvalue weighted by Crippen LogP contribution is 2.23. The van der Waals surface area contributed by atoms with Crippen molar-refractivity contribution in [3.8, 4) is 0 Å². The molecule has 26 heavy (non-hydrogen) atoms. The summed E-state index contributed by atoms with van der Waals surface area (Å²) in [5.74, 6) is -1.44. The molecule has 0 atom stereocenters. The van der Waals surface area contributed by atoms with E-state index in [1.54, 1.807) is 6.07 Å². The molecule has 0 radical (unpaired) electrons. The molecule has 0 aliphatic rings. The van der Waals surface area contributed by atoms with Gasteiger partial charge >= 0.3 is 11.2 Å². The average molecular weight is 728 g/mol. The average Bonchev–Trinajstić information content (AvgIpc) is 2.51. The maximum absolute atomic E-state index is 12.8. The molecular formula is C13H11F2I3NO6S-. The number of alkyl halides is 2. The van der Waals surface area contributed by atoms with Crippen molar-refractivity contribution in [3.05, 3.63) is 28.4 Å². The van der Waals surface area contributed by atoms with Gasteiger partial charge in [0, 0.05) is 23.7 Å². The van der Waals surface area contributed by atoms with Crippen LogP contribution < -0.4 is 5.32 Å². The summed E-state index contributed by atoms with van der Waals surface area (Å²) in [6, 6.07) is 3.62. The van der Waals surface area contributed by atoms with Crippen molar-refractivity contribution in [1.82, 2.24) is 5.32 Å². The Kier molecular flexibility index (Phi) is 9.34. The van der Waals surface area contributed by atoms with Gasteiger partial charge in [-0.05, 0) is 86.3 Å². The highest BCUT2D eigenvalue weighted by Gasteiger charge is 2.39. The topological polar surface area (TPSA) is 113 Å². The molecule has 0 unspecified atom stereocenters. The van der Waals surface area contributed by atoms with Crippen LogP contribution in [0.3, 0.4) is 0 Å². The van der Waals surface area contributed by atoms with Crippen LogP contribution in [-0.4, -0.2) is 43.3 Å². The minimum atomic E-state index is -5.90. The first kappa shape index (κ1) is 24.2. The molecule has 0 aromatic heterocycles. The van der Waals surface area contributed by atoms with Gasteiger partial charge in [0.2, 0.25) is 0 Å². The van der Waals surface area contributed by atoms with Crippen LogP contribution in [0.5, 0.6) is 0 Å². The van der Waals surface area contributed by atoms with Gasteiger partial charge in [0.15, 0.2) is 16.7 Å². The van der Waals surface area contributed by atoms with Gasteiger partial charge in [-0.15, -0.1) is 0 Å². The van der Waals surface area contributed by atoms with E-state index in [1.165, 1.54) is 0 Å². The molecule has 0 aliphatic heterocycles. The quantitative estimate of drug-likeness (QED) is 0.145. The number of nitrogens with one attached hydrogen (secondary N) is 1. The first-order valence-corrected chi connectivity index (χ1v) is 11.4. The van der Waals surface area contributed by atoms with Crippen LogP contribution in [0.1, 0.15) is 23.2 Å². The predicted molar refractivity (Wildman–Crippen MR) is 112 cm³/mol. The molecule has 0 fully saturated rings. The molecule has 0 saturated carbocycles. The number of amides is 1. The summed E-state index contributed by atoms with van der Waals surface area (Å²) in [7, 11) is -5.90. The number of hydrogen-bond acceptors (Lipinski definition) is 6. The van der Waals surface area contributed by atoms with Gasteiger partial charge in [0.1, 0.15) is 0 Å². The number of esters is 1. The van der Waals surface area contributed by atoms with Crippen molar-refractivity contribution >= 4 is 89.8 Å². The number of hydrogen-bond donors (Lipinski definition) is 1. The largest absolute Gasteiger partial charge is 0.743 e. The Labute approximate surface area is 189 Å². The Hall–Kier alpha value is 0.120. The van der Waals surface area contributed by atoms with Gasteiger partial charge in [-0.3, -0.25) is 9.59 Å². The molecule has 13 heteroatoms. The van der Waals surface area contributed by atoms with Crippen molar-refractivity contribution < 1.29 is 36.1 Å². The van der Waals surface area contributed by atoms with Crippen molar-refractivity contribution in [3.63, 3.8) is 0 Å². The van der Waals surface area contributed by atoms with Crippen LogP contribution in [0.2, 0.25) is 0 Å². The van der Waals surface area contributed by atoms with Gasteiger partial charge in [-0.25, -0.2) is 8.42 Å². The lowest BCUT2D eigenvalue weighted by atomic mass is 10.2. The fourth-order valence-corrected chi connectivity index (χ4v) is 4.16. The third kappa shape index (κ3) is 7.27. The second-order valence-corrected chi connectivity index (χ2v) is 9.85. The molecule has 1 N–H and O–H groups in total. The predicted octanol–water partition coefficient (Wildman–Crippen LogP) is 2.69. The summed E-state index contributed by atoms with van der Waals surface area (Å²) >= 11 is 6.23. The zero-order chi connectivity index (χ0) is 20.1. The fourth-order valence-electron chi connectivity index (χ4n) is 1.56. The molecule has 1 rings (SSSR count). The van der Waals surface area contributed by atoms with E-state index in [-0.39, 0.29) is 25.3 Å². The molecule has 0 saturated heterocycles. The molecule has 0 spiro atoms. The van der Waals surface area contributed by atoms with E-state index in [0.29, 0.717) is 5.56 Å². The van der Waals surface area contributed by atoms with Crippen molar-refractivity contribution in [2.45, 2.75) is 18.1 Å². The third-order valence-electron chi connectivity index (χ3n) is 2.85. The summed E-state index contributed by atoms with van der Waals surface area (Å²) in [5, 5.41) is -2.08. The van der Waals surface area contributed by atoms with Crippen molar-refractivity contribution in [1.29, 1.82) is 0 Å². The molecule has 146 valence electrons. The minimum absolute atomic E-state index is 0.0856. The van der Waals surface area contributed by atoms with Crippen LogP contribution in [0, 0.1) is 10.7 Å². The monoisotopic (exact) mass is 728 g/mol. The number of carbonyl (C=O) groups is 2. The SMILES string of the molecule is O=C(CCCNC(=O)c1cc(I)cc(I)c1I)OCC(F)(F)S(=O)(=O)[O-]. The van der Waals surface area contributed by atoms with E-state index in [2.05, 4.69) is 55.2 Å². The molecule has 0 heterocycles. The van der Waals surface area contributed by atoms with E-state index in [9.17, 15) is 31.3 Å². The second kappa shape index (κ2) is 10.1. The normalized spacial score (nSPS) is 11.9. The summed E-state index contributed by atoms with van der Waals surface area (Å²) in [4.78, 5) is 23.4. The van der Waals surface area contributed by atoms with E-state index >= 15 is 0 Å². The zero-order valence-electron chi connectivity index (χ0n) is 12.7. The smallest absolute Gasteiger partial charge is 0.367 e. The molecule has 1 aromatic carbocycles. The summed E-state index contributed by atoms with van der Waals surface area (Å²) < 4.78 is 63.1. The Morgan fingerprint density at radius 1 is 1.23 bits per heavy atom. The van der Waals surface area contributed by atoms with Crippen LogP contribution >= 0.6 is 67.8 Å². The van der Waals surface area contributed by atoms with Crippen molar-refractivity contribution in [2.24, 2.45) is 0 Å². The van der Waals surface area contributed by atoms with Gasteiger partial charge in [0.25, 0.3) is 5.91 Å². The lowest BCUT2D eigenvalue weighted by Gasteiger charge is -2.19. The number of carbonyl (C=O) groups excluding carboxylic acids is 2. The first-order valence-electron chi connectivity index (χ1n) is 6.77. The number of rotatable bonds is 8. The molecule has 1 amide bonds. The Morgan fingerprint density at radius 3 is 2.42 bits per heavy atom. The van der Waals surface area contributed by atoms with Gasteiger partial charge in [0.05, 0.1) is 5.56 Å². The van der Waals surface area contributed by atoms with E-state index < -0.39 is 27.9 Å². The molecule has 0 aliphatic carbocycles. The maximum atomic E-state index is 12.8. The van der Waals surface area contributed by atoms with Crippen LogP contribution in [0.25, 0.3) is 0 Å². The Balaban J connectivity index is 2.43. The number of halogens is 5. The van der Waals surface area contributed by atoms with Gasteiger partial charge in [-0.2, -0.15) is 8.78 Å². The highest BCUT2D eigenvalue weighted by atomic mass is 127. The minimum Gasteiger partial charge on any atom is -0.743 e. The van der Waals surface area contributed by atoms with E-state index in [4.69, 9.17) is 0 Å². The van der Waals surface area contributed by atoms with Crippen molar-refractivity contribution in [2.75, 3.05) is 13.2 Å². The molecule has 0 bridgehead atoms. The summed E-state index contributed by atoms with van der Waals surface area (Å²) in [6.45, 7) is -1.74.